The van der Waals surface area contributed by atoms with Crippen LogP contribution in [0.2, 0.25) is 10.0 Å². The van der Waals surface area contributed by atoms with E-state index in [4.69, 9.17) is 35.4 Å². The molecule has 2 aromatic rings. The van der Waals surface area contributed by atoms with E-state index in [-0.39, 0.29) is 10.7 Å². The molecule has 23 heavy (non-hydrogen) atoms. The molecule has 4 nitrogen and oxygen atoms in total. The molecule has 3 rings (SSSR count). The van der Waals surface area contributed by atoms with Crippen molar-refractivity contribution in [1.29, 1.82) is 0 Å². The van der Waals surface area contributed by atoms with E-state index < -0.39 is 11.8 Å². The molecule has 1 aromatic heterocycles. The van der Waals surface area contributed by atoms with Gasteiger partial charge in [-0.25, -0.2) is 0 Å². The summed E-state index contributed by atoms with van der Waals surface area (Å²) >= 11 is 18.5. The number of nitrogens with one attached hydrogen (secondary N) is 1. The average molecular weight is 383 g/mol. The fraction of sp³-hybridized carbons (Fsp3) is 0. The molecule has 0 aliphatic carbocycles. The summed E-state index contributed by atoms with van der Waals surface area (Å²) in [6.07, 6.45) is 1.53. The van der Waals surface area contributed by atoms with Crippen LogP contribution in [0, 0.1) is 0 Å². The van der Waals surface area contributed by atoms with Gasteiger partial charge < -0.3 is 0 Å². The van der Waals surface area contributed by atoms with E-state index in [9.17, 15) is 9.59 Å². The van der Waals surface area contributed by atoms with Crippen LogP contribution in [0.1, 0.15) is 4.88 Å². The Balaban J connectivity index is 2.05. The van der Waals surface area contributed by atoms with Gasteiger partial charge in [0, 0.05) is 14.9 Å². The second kappa shape index (κ2) is 6.41. The molecule has 116 valence electrons. The molecule has 1 N–H and O–H groups in total. The first-order chi connectivity index (χ1) is 11.0. The SMILES string of the molecule is O=C1NC(=S)N(c2cc(Cl)cc(Cl)c2)C(=O)C1=Cc1cccs1. The molecule has 1 aliphatic rings. The number of thiophene rings is 1. The Morgan fingerprint density at radius 1 is 1.17 bits per heavy atom. The number of benzene rings is 1. The van der Waals surface area contributed by atoms with Crippen molar-refractivity contribution >= 4 is 75.4 Å². The molecule has 8 heteroatoms. The van der Waals surface area contributed by atoms with Gasteiger partial charge in [0.15, 0.2) is 5.11 Å². The highest BCUT2D eigenvalue weighted by Crippen LogP contribution is 2.28. The number of amides is 2. The van der Waals surface area contributed by atoms with Crippen molar-refractivity contribution in [3.8, 4) is 0 Å². The number of halogens is 2. The van der Waals surface area contributed by atoms with Crippen LogP contribution in [0.3, 0.4) is 0 Å². The lowest BCUT2D eigenvalue weighted by molar-refractivity contribution is -0.122. The van der Waals surface area contributed by atoms with Crippen LogP contribution in [0.25, 0.3) is 6.08 Å². The van der Waals surface area contributed by atoms with Gasteiger partial charge in [-0.2, -0.15) is 0 Å². The van der Waals surface area contributed by atoms with Crippen LogP contribution < -0.4 is 10.2 Å². The van der Waals surface area contributed by atoms with Crippen molar-refractivity contribution in [1.82, 2.24) is 5.32 Å². The van der Waals surface area contributed by atoms with E-state index >= 15 is 0 Å². The second-order valence-electron chi connectivity index (χ2n) is 4.60. The third-order valence-electron chi connectivity index (χ3n) is 3.04. The second-order valence-corrected chi connectivity index (χ2v) is 6.84. The molecule has 1 aliphatic heterocycles. The molecule has 0 spiro atoms. The molecule has 0 unspecified atom stereocenters. The summed E-state index contributed by atoms with van der Waals surface area (Å²) in [5.41, 5.74) is 0.395. The normalized spacial score (nSPS) is 16.9. The lowest BCUT2D eigenvalue weighted by atomic mass is 10.1. The molecular formula is C15H8Cl2N2O2S2. The molecule has 0 atom stereocenters. The fourth-order valence-electron chi connectivity index (χ4n) is 2.08. The molecule has 0 bridgehead atoms. The summed E-state index contributed by atoms with van der Waals surface area (Å²) in [4.78, 5) is 26.8. The zero-order valence-electron chi connectivity index (χ0n) is 11.4. The number of carbonyl (C=O) groups is 2. The van der Waals surface area contributed by atoms with Crippen molar-refractivity contribution < 1.29 is 9.59 Å². The van der Waals surface area contributed by atoms with Gasteiger partial charge in [-0.15, -0.1) is 11.3 Å². The number of rotatable bonds is 2. The number of hydrogen-bond donors (Lipinski definition) is 1. The first kappa shape index (κ1) is 16.1. The van der Waals surface area contributed by atoms with Gasteiger partial charge in [0.05, 0.1) is 5.69 Å². The minimum Gasteiger partial charge on any atom is -0.298 e. The fourth-order valence-corrected chi connectivity index (χ4v) is 3.53. The smallest absolute Gasteiger partial charge is 0.270 e. The molecule has 0 saturated carbocycles. The highest BCUT2D eigenvalue weighted by molar-refractivity contribution is 7.80. The van der Waals surface area contributed by atoms with Crippen LogP contribution in [0.5, 0.6) is 0 Å². The summed E-state index contributed by atoms with van der Waals surface area (Å²) in [6, 6.07) is 8.30. The van der Waals surface area contributed by atoms with E-state index in [1.807, 2.05) is 17.5 Å². The molecule has 1 aromatic carbocycles. The van der Waals surface area contributed by atoms with Gasteiger partial charge in [-0.1, -0.05) is 29.3 Å². The number of anilines is 1. The van der Waals surface area contributed by atoms with E-state index in [1.165, 1.54) is 22.3 Å². The lowest BCUT2D eigenvalue weighted by Crippen LogP contribution is -2.54. The monoisotopic (exact) mass is 382 g/mol. The number of thiocarbonyl (C=S) groups is 1. The Morgan fingerprint density at radius 2 is 1.87 bits per heavy atom. The van der Waals surface area contributed by atoms with Crippen LogP contribution in [0.15, 0.2) is 41.3 Å². The van der Waals surface area contributed by atoms with Gasteiger partial charge >= 0.3 is 0 Å². The Labute approximate surface area is 151 Å². The molecule has 2 amide bonds. The van der Waals surface area contributed by atoms with Gasteiger partial charge in [-0.05, 0) is 47.9 Å². The number of nitrogens with zero attached hydrogens (tertiary/aromatic N) is 1. The first-order valence-corrected chi connectivity index (χ1v) is 8.41. The van der Waals surface area contributed by atoms with E-state index in [0.717, 1.165) is 4.88 Å². The zero-order valence-corrected chi connectivity index (χ0v) is 14.5. The van der Waals surface area contributed by atoms with Crippen molar-refractivity contribution in [3.63, 3.8) is 0 Å². The van der Waals surface area contributed by atoms with Gasteiger partial charge in [-0.3, -0.25) is 19.8 Å². The molecular weight excluding hydrogens is 375 g/mol. The van der Waals surface area contributed by atoms with Crippen LogP contribution >= 0.6 is 46.8 Å². The summed E-state index contributed by atoms with van der Waals surface area (Å²) in [6.45, 7) is 0. The van der Waals surface area contributed by atoms with Crippen molar-refractivity contribution in [2.24, 2.45) is 0 Å². The Morgan fingerprint density at radius 3 is 2.48 bits per heavy atom. The number of hydrogen-bond acceptors (Lipinski definition) is 4. The minimum atomic E-state index is -0.530. The van der Waals surface area contributed by atoms with Crippen LogP contribution in [0.4, 0.5) is 5.69 Å². The topological polar surface area (TPSA) is 49.4 Å². The van der Waals surface area contributed by atoms with Gasteiger partial charge in [0.25, 0.3) is 11.8 Å². The summed E-state index contributed by atoms with van der Waals surface area (Å²) in [7, 11) is 0. The predicted molar refractivity (Wildman–Crippen MR) is 97.0 cm³/mol. The lowest BCUT2D eigenvalue weighted by Gasteiger charge is -2.29. The van der Waals surface area contributed by atoms with Gasteiger partial charge in [0.2, 0.25) is 0 Å². The van der Waals surface area contributed by atoms with Crippen LogP contribution in [-0.2, 0) is 9.59 Å². The third-order valence-corrected chi connectivity index (χ3v) is 4.58. The first-order valence-electron chi connectivity index (χ1n) is 6.37. The predicted octanol–water partition coefficient (Wildman–Crippen LogP) is 3.89. The standard InChI is InChI=1S/C15H8Cl2N2O2S2/c16-8-4-9(17)6-10(5-8)19-14(21)12(13(20)18-15(19)22)7-11-2-1-3-23-11/h1-7H,(H,18,20,22). The molecule has 1 fully saturated rings. The highest BCUT2D eigenvalue weighted by atomic mass is 35.5. The Hall–Kier alpha value is -1.73. The summed E-state index contributed by atoms with van der Waals surface area (Å²) < 4.78 is 0. The molecule has 0 radical (unpaired) electrons. The van der Waals surface area contributed by atoms with Crippen LogP contribution in [-0.4, -0.2) is 16.9 Å². The van der Waals surface area contributed by atoms with Gasteiger partial charge in [0.1, 0.15) is 5.57 Å². The quantitative estimate of drug-likeness (QED) is 0.486. The highest BCUT2D eigenvalue weighted by Gasteiger charge is 2.34. The van der Waals surface area contributed by atoms with Crippen molar-refractivity contribution in [2.75, 3.05) is 4.90 Å². The Kier molecular flexibility index (Phi) is 4.50. The third kappa shape index (κ3) is 3.30. The van der Waals surface area contributed by atoms with E-state index in [1.54, 1.807) is 18.2 Å². The molecule has 1 saturated heterocycles. The molecule has 2 heterocycles. The number of carbonyl (C=O) groups excluding carboxylic acids is 2. The largest absolute Gasteiger partial charge is 0.298 e. The average Bonchev–Trinajstić information content (AvgIpc) is 2.95. The summed E-state index contributed by atoms with van der Waals surface area (Å²) in [5.74, 6) is -1.05. The zero-order chi connectivity index (χ0) is 16.6. The maximum absolute atomic E-state index is 12.7. The Bertz CT molecular complexity index is 827. The maximum atomic E-state index is 12.7. The van der Waals surface area contributed by atoms with Crippen molar-refractivity contribution in [3.05, 3.63) is 56.2 Å². The van der Waals surface area contributed by atoms with Crippen molar-refractivity contribution in [2.45, 2.75) is 0 Å². The minimum absolute atomic E-state index is 0.00264. The van der Waals surface area contributed by atoms with E-state index in [2.05, 4.69) is 5.32 Å². The van der Waals surface area contributed by atoms with E-state index in [0.29, 0.717) is 15.7 Å². The summed E-state index contributed by atoms with van der Waals surface area (Å²) in [5, 5.41) is 5.08. The maximum Gasteiger partial charge on any atom is 0.270 e.